The molecule has 3 N–H and O–H groups in total. The Morgan fingerprint density at radius 2 is 1.94 bits per heavy atom. The standard InChI is InChI=1S/C12H17ClN2O2S/c1-8-6-10(7-11(14)12(8)13)18(16,17)15-9-4-2-3-5-9/h6-7,9,15H,2-5,14H2,1H3. The minimum Gasteiger partial charge on any atom is -0.397 e. The third-order valence-electron chi connectivity index (χ3n) is 3.24. The number of benzene rings is 1. The van der Waals surface area contributed by atoms with Gasteiger partial charge in [0, 0.05) is 6.04 Å². The topological polar surface area (TPSA) is 72.2 Å². The summed E-state index contributed by atoms with van der Waals surface area (Å²) in [5, 5.41) is 0.412. The fraction of sp³-hybridized carbons (Fsp3) is 0.500. The van der Waals surface area contributed by atoms with E-state index in [9.17, 15) is 8.42 Å². The van der Waals surface area contributed by atoms with Gasteiger partial charge < -0.3 is 5.73 Å². The number of aryl methyl sites for hydroxylation is 1. The molecule has 0 amide bonds. The number of halogens is 1. The van der Waals surface area contributed by atoms with Gasteiger partial charge in [-0.3, -0.25) is 0 Å². The molecular formula is C12H17ClN2O2S. The van der Waals surface area contributed by atoms with Crippen molar-refractivity contribution in [3.63, 3.8) is 0 Å². The van der Waals surface area contributed by atoms with Gasteiger partial charge in [-0.05, 0) is 37.5 Å². The first-order valence-corrected chi connectivity index (χ1v) is 7.84. The average Bonchev–Trinajstić information content (AvgIpc) is 2.77. The Labute approximate surface area is 113 Å². The zero-order valence-corrected chi connectivity index (χ0v) is 11.8. The second kappa shape index (κ2) is 5.07. The van der Waals surface area contributed by atoms with E-state index in [1.165, 1.54) is 6.07 Å². The van der Waals surface area contributed by atoms with E-state index in [4.69, 9.17) is 17.3 Å². The molecule has 0 spiro atoms. The van der Waals surface area contributed by atoms with E-state index in [1.54, 1.807) is 13.0 Å². The van der Waals surface area contributed by atoms with Crippen LogP contribution in [-0.4, -0.2) is 14.5 Å². The first-order chi connectivity index (χ1) is 8.40. The molecule has 0 aliphatic heterocycles. The Morgan fingerprint density at radius 3 is 2.50 bits per heavy atom. The Kier molecular flexibility index (Phi) is 3.84. The monoisotopic (exact) mass is 288 g/mol. The molecule has 2 rings (SSSR count). The molecule has 1 aromatic rings. The van der Waals surface area contributed by atoms with Crippen molar-refractivity contribution in [2.24, 2.45) is 0 Å². The molecule has 100 valence electrons. The van der Waals surface area contributed by atoms with Crippen LogP contribution >= 0.6 is 11.6 Å². The lowest BCUT2D eigenvalue weighted by Gasteiger charge is -2.14. The smallest absolute Gasteiger partial charge is 0.240 e. The van der Waals surface area contributed by atoms with Crippen LogP contribution in [0.3, 0.4) is 0 Å². The number of nitrogens with one attached hydrogen (secondary N) is 1. The highest BCUT2D eigenvalue weighted by Gasteiger charge is 2.23. The average molecular weight is 289 g/mol. The van der Waals surface area contributed by atoms with Crippen LogP contribution in [0.5, 0.6) is 0 Å². The van der Waals surface area contributed by atoms with Gasteiger partial charge in [-0.15, -0.1) is 0 Å². The van der Waals surface area contributed by atoms with Crippen molar-refractivity contribution in [2.45, 2.75) is 43.5 Å². The largest absolute Gasteiger partial charge is 0.397 e. The van der Waals surface area contributed by atoms with E-state index in [0.717, 1.165) is 25.7 Å². The van der Waals surface area contributed by atoms with Crippen molar-refractivity contribution < 1.29 is 8.42 Å². The SMILES string of the molecule is Cc1cc(S(=O)(=O)NC2CCCC2)cc(N)c1Cl. The van der Waals surface area contributed by atoms with Crippen LogP contribution in [0, 0.1) is 6.92 Å². The van der Waals surface area contributed by atoms with Crippen LogP contribution < -0.4 is 10.5 Å². The van der Waals surface area contributed by atoms with Crippen molar-refractivity contribution in [1.82, 2.24) is 4.72 Å². The highest BCUT2D eigenvalue weighted by molar-refractivity contribution is 7.89. The molecule has 0 saturated heterocycles. The predicted molar refractivity (Wildman–Crippen MR) is 73.2 cm³/mol. The molecule has 0 heterocycles. The summed E-state index contributed by atoms with van der Waals surface area (Å²) in [4.78, 5) is 0.189. The van der Waals surface area contributed by atoms with E-state index < -0.39 is 10.0 Å². The molecule has 1 aliphatic carbocycles. The summed E-state index contributed by atoms with van der Waals surface area (Å²) < 4.78 is 27.1. The van der Waals surface area contributed by atoms with Crippen molar-refractivity contribution in [3.05, 3.63) is 22.7 Å². The van der Waals surface area contributed by atoms with E-state index in [2.05, 4.69) is 4.72 Å². The molecule has 1 fully saturated rings. The van der Waals surface area contributed by atoms with Crippen LogP contribution in [0.1, 0.15) is 31.2 Å². The van der Waals surface area contributed by atoms with Crippen molar-refractivity contribution >= 4 is 27.3 Å². The summed E-state index contributed by atoms with van der Waals surface area (Å²) in [5.74, 6) is 0. The summed E-state index contributed by atoms with van der Waals surface area (Å²) in [6.07, 6.45) is 3.96. The first-order valence-electron chi connectivity index (χ1n) is 5.98. The van der Waals surface area contributed by atoms with Crippen molar-refractivity contribution in [1.29, 1.82) is 0 Å². The molecular weight excluding hydrogens is 272 g/mol. The summed E-state index contributed by atoms with van der Waals surface area (Å²) in [7, 11) is -3.49. The van der Waals surface area contributed by atoms with Gasteiger partial charge in [-0.25, -0.2) is 13.1 Å². The van der Waals surface area contributed by atoms with Crippen LogP contribution in [0.4, 0.5) is 5.69 Å². The van der Waals surface area contributed by atoms with Gasteiger partial charge >= 0.3 is 0 Å². The quantitative estimate of drug-likeness (QED) is 0.839. The third kappa shape index (κ3) is 2.79. The molecule has 6 heteroatoms. The maximum absolute atomic E-state index is 12.2. The van der Waals surface area contributed by atoms with Crippen molar-refractivity contribution in [3.8, 4) is 0 Å². The molecule has 0 bridgehead atoms. The predicted octanol–water partition coefficient (Wildman–Crippen LogP) is 2.45. The van der Waals surface area contributed by atoms with Gasteiger partial charge in [0.05, 0.1) is 15.6 Å². The Morgan fingerprint density at radius 1 is 1.33 bits per heavy atom. The number of rotatable bonds is 3. The lowest BCUT2D eigenvalue weighted by atomic mass is 10.2. The molecule has 4 nitrogen and oxygen atoms in total. The number of nitrogen functional groups attached to an aromatic ring is 1. The number of hydrogen-bond donors (Lipinski definition) is 2. The van der Waals surface area contributed by atoms with Crippen molar-refractivity contribution in [2.75, 3.05) is 5.73 Å². The fourth-order valence-electron chi connectivity index (χ4n) is 2.25. The number of sulfonamides is 1. The zero-order chi connectivity index (χ0) is 13.3. The van der Waals surface area contributed by atoms with Gasteiger partial charge in [-0.1, -0.05) is 24.4 Å². The van der Waals surface area contributed by atoms with Gasteiger partial charge in [0.25, 0.3) is 0 Å². The minimum atomic E-state index is -3.49. The molecule has 0 atom stereocenters. The molecule has 18 heavy (non-hydrogen) atoms. The molecule has 0 unspecified atom stereocenters. The third-order valence-corrected chi connectivity index (χ3v) is 5.26. The minimum absolute atomic E-state index is 0.0483. The van der Waals surface area contributed by atoms with Gasteiger partial charge in [-0.2, -0.15) is 0 Å². The lowest BCUT2D eigenvalue weighted by molar-refractivity contribution is 0.552. The highest BCUT2D eigenvalue weighted by atomic mass is 35.5. The van der Waals surface area contributed by atoms with E-state index in [0.29, 0.717) is 16.3 Å². The Hall–Kier alpha value is -0.780. The number of hydrogen-bond acceptors (Lipinski definition) is 3. The summed E-state index contributed by atoms with van der Waals surface area (Å²) in [6.45, 7) is 1.74. The summed E-state index contributed by atoms with van der Waals surface area (Å²) in [5.41, 5.74) is 6.67. The molecule has 1 aromatic carbocycles. The molecule has 1 saturated carbocycles. The highest BCUT2D eigenvalue weighted by Crippen LogP contribution is 2.27. The summed E-state index contributed by atoms with van der Waals surface area (Å²) >= 11 is 5.93. The molecule has 1 aliphatic rings. The second-order valence-corrected chi connectivity index (χ2v) is 6.84. The van der Waals surface area contributed by atoms with Crippen LogP contribution in [0.25, 0.3) is 0 Å². The lowest BCUT2D eigenvalue weighted by Crippen LogP contribution is -2.32. The maximum atomic E-state index is 12.2. The van der Waals surface area contributed by atoms with Crippen LogP contribution in [0.2, 0.25) is 5.02 Å². The second-order valence-electron chi connectivity index (χ2n) is 4.75. The Bertz CT molecular complexity index is 528. The molecule has 0 aromatic heterocycles. The van der Waals surface area contributed by atoms with Gasteiger partial charge in [0.2, 0.25) is 10.0 Å². The maximum Gasteiger partial charge on any atom is 0.240 e. The van der Waals surface area contributed by atoms with Gasteiger partial charge in [0.1, 0.15) is 0 Å². The van der Waals surface area contributed by atoms with Gasteiger partial charge in [0.15, 0.2) is 0 Å². The van der Waals surface area contributed by atoms with E-state index in [1.807, 2.05) is 0 Å². The zero-order valence-electron chi connectivity index (χ0n) is 10.2. The van der Waals surface area contributed by atoms with Crippen LogP contribution in [0.15, 0.2) is 17.0 Å². The molecule has 0 radical (unpaired) electrons. The van der Waals surface area contributed by atoms with E-state index >= 15 is 0 Å². The van der Waals surface area contributed by atoms with E-state index in [-0.39, 0.29) is 10.9 Å². The van der Waals surface area contributed by atoms with Crippen LogP contribution in [-0.2, 0) is 10.0 Å². The first kappa shape index (κ1) is 13.6. The normalized spacial score (nSPS) is 17.2. The number of nitrogens with two attached hydrogens (primary N) is 1. The number of anilines is 1. The Balaban J connectivity index is 2.29. The summed E-state index contributed by atoms with van der Waals surface area (Å²) in [6, 6.07) is 3.01. The fourth-order valence-corrected chi connectivity index (χ4v) is 3.78.